The number of hydrogen-bond acceptors (Lipinski definition) is 3. The van der Waals surface area contributed by atoms with E-state index in [9.17, 15) is 4.79 Å². The standard InChI is InChI=1S/C14H20NO3/c1-3-10(2)14(16)17-8-11-4-6-15-7-5-12(13(11)15)18-9-15/h3-4,12-13H,5-9H2,1-2H3/q+1/b10-3-/t12-,13?,15?/m0/s1. The molecule has 2 unspecified atom stereocenters. The Hall–Kier alpha value is -1.13. The highest BCUT2D eigenvalue weighted by molar-refractivity contribution is 5.87. The summed E-state index contributed by atoms with van der Waals surface area (Å²) in [6.07, 6.45) is 5.52. The van der Waals surface area contributed by atoms with Crippen LogP contribution in [0.15, 0.2) is 23.3 Å². The molecule has 0 N–H and O–H groups in total. The van der Waals surface area contributed by atoms with E-state index in [1.807, 2.05) is 6.92 Å². The molecule has 2 fully saturated rings. The Morgan fingerprint density at radius 2 is 2.50 bits per heavy atom. The van der Waals surface area contributed by atoms with Crippen LogP contribution in [0, 0.1) is 0 Å². The van der Waals surface area contributed by atoms with Crippen LogP contribution in [0.1, 0.15) is 20.3 Å². The largest absolute Gasteiger partial charge is 0.458 e. The Bertz CT molecular complexity index is 430. The first-order valence-corrected chi connectivity index (χ1v) is 6.62. The number of rotatable bonds is 3. The molecular formula is C14H20NO3+. The summed E-state index contributed by atoms with van der Waals surface area (Å²) in [5.74, 6) is -0.210. The zero-order chi connectivity index (χ0) is 12.8. The van der Waals surface area contributed by atoms with Crippen molar-refractivity contribution in [3.8, 4) is 0 Å². The van der Waals surface area contributed by atoms with Gasteiger partial charge in [0.2, 0.25) is 0 Å². The molecule has 3 heterocycles. The van der Waals surface area contributed by atoms with Crippen LogP contribution in [0.2, 0.25) is 0 Å². The molecule has 4 nitrogen and oxygen atoms in total. The van der Waals surface area contributed by atoms with Gasteiger partial charge in [0, 0.05) is 17.6 Å². The monoisotopic (exact) mass is 250 g/mol. The molecule has 0 radical (unpaired) electrons. The number of quaternary nitrogens is 1. The third-order valence-electron chi connectivity index (χ3n) is 4.57. The van der Waals surface area contributed by atoms with E-state index >= 15 is 0 Å². The fourth-order valence-corrected chi connectivity index (χ4v) is 3.39. The van der Waals surface area contributed by atoms with Gasteiger partial charge in [0.1, 0.15) is 25.3 Å². The Morgan fingerprint density at radius 1 is 1.67 bits per heavy atom. The third kappa shape index (κ3) is 1.63. The summed E-state index contributed by atoms with van der Waals surface area (Å²) in [7, 11) is 0. The normalized spacial score (nSPS) is 37.7. The van der Waals surface area contributed by atoms with Gasteiger partial charge in [0.05, 0.1) is 6.54 Å². The minimum atomic E-state index is -0.210. The second kappa shape index (κ2) is 4.21. The summed E-state index contributed by atoms with van der Waals surface area (Å²) in [5, 5.41) is 0. The SMILES string of the molecule is C/C=C(/C)C(=O)OCC1=CC[N+]23CC[C@H](OC2)C13. The van der Waals surface area contributed by atoms with Gasteiger partial charge in [-0.1, -0.05) is 6.08 Å². The predicted octanol–water partition coefficient (Wildman–Crippen LogP) is 1.38. The van der Waals surface area contributed by atoms with E-state index in [0.717, 1.165) is 24.2 Å². The average Bonchev–Trinajstić information content (AvgIpc) is 3.02. The molecule has 0 aromatic carbocycles. The van der Waals surface area contributed by atoms with E-state index in [1.54, 1.807) is 13.0 Å². The van der Waals surface area contributed by atoms with Crippen molar-refractivity contribution in [1.29, 1.82) is 0 Å². The molecule has 3 aliphatic heterocycles. The van der Waals surface area contributed by atoms with Gasteiger partial charge in [-0.25, -0.2) is 4.79 Å². The molecular weight excluding hydrogens is 230 g/mol. The summed E-state index contributed by atoms with van der Waals surface area (Å²) >= 11 is 0. The number of hydrogen-bond donors (Lipinski definition) is 0. The molecule has 3 aliphatic rings. The minimum absolute atomic E-state index is 0.210. The van der Waals surface area contributed by atoms with Crippen molar-refractivity contribution in [3.05, 3.63) is 23.3 Å². The second-order valence-electron chi connectivity index (χ2n) is 5.52. The maximum atomic E-state index is 11.6. The summed E-state index contributed by atoms with van der Waals surface area (Å²) in [6.45, 7) is 7.13. The fraction of sp³-hybridized carbons (Fsp3) is 0.643. The van der Waals surface area contributed by atoms with Gasteiger partial charge in [-0.15, -0.1) is 0 Å². The number of carbonyl (C=O) groups excluding carboxylic acids is 1. The van der Waals surface area contributed by atoms with Crippen molar-refractivity contribution in [2.45, 2.75) is 32.4 Å². The van der Waals surface area contributed by atoms with Crippen molar-refractivity contribution in [2.24, 2.45) is 0 Å². The van der Waals surface area contributed by atoms with Crippen LogP contribution in [0.3, 0.4) is 0 Å². The molecule has 0 aliphatic carbocycles. The molecule has 2 bridgehead atoms. The van der Waals surface area contributed by atoms with Gasteiger partial charge in [-0.3, -0.25) is 4.48 Å². The number of nitrogens with zero attached hydrogens (tertiary/aromatic N) is 1. The van der Waals surface area contributed by atoms with Crippen molar-refractivity contribution in [1.82, 2.24) is 0 Å². The van der Waals surface area contributed by atoms with Gasteiger partial charge in [-0.05, 0) is 19.9 Å². The van der Waals surface area contributed by atoms with Crippen LogP contribution in [-0.2, 0) is 14.3 Å². The molecule has 0 aromatic rings. The Labute approximate surface area is 107 Å². The molecule has 0 spiro atoms. The third-order valence-corrected chi connectivity index (χ3v) is 4.57. The van der Waals surface area contributed by atoms with Gasteiger partial charge >= 0.3 is 5.97 Å². The molecule has 4 heteroatoms. The summed E-state index contributed by atoms with van der Waals surface area (Å²) in [5.41, 5.74) is 1.93. The van der Waals surface area contributed by atoms with Gasteiger partial charge in [0.25, 0.3) is 0 Å². The maximum Gasteiger partial charge on any atom is 0.333 e. The van der Waals surface area contributed by atoms with Crippen LogP contribution in [0.5, 0.6) is 0 Å². The molecule has 98 valence electrons. The molecule has 0 aromatic heterocycles. The average molecular weight is 250 g/mol. The molecule has 3 atom stereocenters. The second-order valence-corrected chi connectivity index (χ2v) is 5.52. The van der Waals surface area contributed by atoms with Gasteiger partial charge < -0.3 is 9.47 Å². The molecule has 3 rings (SSSR count). The quantitative estimate of drug-likeness (QED) is 0.328. The number of ether oxygens (including phenoxy) is 2. The molecule has 0 saturated carbocycles. The Morgan fingerprint density at radius 3 is 3.17 bits per heavy atom. The van der Waals surface area contributed by atoms with Crippen molar-refractivity contribution >= 4 is 5.97 Å². The summed E-state index contributed by atoms with van der Waals surface area (Å²) < 4.78 is 12.2. The minimum Gasteiger partial charge on any atom is -0.458 e. The topological polar surface area (TPSA) is 35.5 Å². The predicted molar refractivity (Wildman–Crippen MR) is 66.6 cm³/mol. The molecule has 2 saturated heterocycles. The highest BCUT2D eigenvalue weighted by Crippen LogP contribution is 2.43. The summed E-state index contributed by atoms with van der Waals surface area (Å²) in [4.78, 5) is 11.6. The van der Waals surface area contributed by atoms with E-state index in [-0.39, 0.29) is 5.97 Å². The van der Waals surface area contributed by atoms with Crippen molar-refractivity contribution < 1.29 is 18.8 Å². The van der Waals surface area contributed by atoms with Gasteiger partial charge in [-0.2, -0.15) is 0 Å². The van der Waals surface area contributed by atoms with E-state index in [2.05, 4.69) is 6.08 Å². The van der Waals surface area contributed by atoms with Crippen LogP contribution < -0.4 is 0 Å². The fourth-order valence-electron chi connectivity index (χ4n) is 3.39. The maximum absolute atomic E-state index is 11.6. The number of allylic oxidation sites excluding steroid dienone is 1. The Balaban J connectivity index is 1.64. The smallest absolute Gasteiger partial charge is 0.333 e. The van der Waals surface area contributed by atoms with Gasteiger partial charge in [0.15, 0.2) is 6.73 Å². The lowest BCUT2D eigenvalue weighted by atomic mass is 10.1. The van der Waals surface area contributed by atoms with Crippen LogP contribution in [-0.4, -0.2) is 49.0 Å². The first-order valence-electron chi connectivity index (χ1n) is 6.62. The number of esters is 1. The van der Waals surface area contributed by atoms with Crippen LogP contribution in [0.4, 0.5) is 0 Å². The van der Waals surface area contributed by atoms with E-state index in [4.69, 9.17) is 9.47 Å². The molecule has 18 heavy (non-hydrogen) atoms. The molecule has 0 amide bonds. The first kappa shape index (κ1) is 11.9. The number of carbonyl (C=O) groups is 1. The van der Waals surface area contributed by atoms with Crippen LogP contribution in [0.25, 0.3) is 0 Å². The van der Waals surface area contributed by atoms with E-state index in [1.165, 1.54) is 12.1 Å². The lowest BCUT2D eigenvalue weighted by Gasteiger charge is -2.29. The summed E-state index contributed by atoms with van der Waals surface area (Å²) in [6, 6.07) is 0.448. The highest BCUT2D eigenvalue weighted by atomic mass is 16.5. The zero-order valence-electron chi connectivity index (χ0n) is 11.0. The Kier molecular flexibility index (Phi) is 2.79. The van der Waals surface area contributed by atoms with Crippen LogP contribution >= 0.6 is 0 Å². The van der Waals surface area contributed by atoms with E-state index in [0.29, 0.717) is 24.3 Å². The van der Waals surface area contributed by atoms with Crippen molar-refractivity contribution in [2.75, 3.05) is 26.4 Å². The lowest BCUT2D eigenvalue weighted by Crippen LogP contribution is -2.47. The first-order chi connectivity index (χ1) is 8.66. The van der Waals surface area contributed by atoms with E-state index < -0.39 is 0 Å². The highest BCUT2D eigenvalue weighted by Gasteiger charge is 2.58. The van der Waals surface area contributed by atoms with Crippen molar-refractivity contribution in [3.63, 3.8) is 0 Å². The lowest BCUT2D eigenvalue weighted by molar-refractivity contribution is -0.926. The zero-order valence-corrected chi connectivity index (χ0v) is 11.0.